The molecule has 1 fully saturated rings. The Hall–Kier alpha value is -0.930. The van der Waals surface area contributed by atoms with E-state index in [1.165, 1.54) is 5.56 Å². The van der Waals surface area contributed by atoms with Crippen molar-refractivity contribution in [2.75, 3.05) is 13.2 Å². The minimum atomic E-state index is -0.285. The summed E-state index contributed by atoms with van der Waals surface area (Å²) < 4.78 is 5.32. The molecular weight excluding hydrogens is 164 g/mol. The van der Waals surface area contributed by atoms with Crippen LogP contribution < -0.4 is 5.73 Å². The zero-order valence-corrected chi connectivity index (χ0v) is 7.79. The van der Waals surface area contributed by atoms with Gasteiger partial charge >= 0.3 is 0 Å². The molecule has 0 saturated carbocycles. The number of nitrogens with two attached hydrogens (primary N) is 1. The van der Waals surface area contributed by atoms with Gasteiger partial charge in [0, 0.05) is 19.0 Å². The van der Waals surface area contributed by atoms with E-state index in [-0.39, 0.29) is 5.54 Å². The lowest BCUT2D eigenvalue weighted by Crippen LogP contribution is -2.37. The van der Waals surface area contributed by atoms with Crippen molar-refractivity contribution >= 4 is 0 Å². The molecule has 1 aromatic heterocycles. The molecule has 1 atom stereocenters. The molecule has 0 radical (unpaired) electrons. The first kappa shape index (κ1) is 8.66. The van der Waals surface area contributed by atoms with Gasteiger partial charge in [0.1, 0.15) is 0 Å². The summed E-state index contributed by atoms with van der Waals surface area (Å²) in [7, 11) is 0. The summed E-state index contributed by atoms with van der Waals surface area (Å²) in [6.07, 6.45) is 4.54. The Morgan fingerprint density at radius 2 is 2.46 bits per heavy atom. The van der Waals surface area contributed by atoms with Gasteiger partial charge in [-0.05, 0) is 30.5 Å². The molecule has 1 aliphatic heterocycles. The van der Waals surface area contributed by atoms with Gasteiger partial charge in [-0.3, -0.25) is 4.98 Å². The van der Waals surface area contributed by atoms with Gasteiger partial charge in [0.05, 0.1) is 12.1 Å². The van der Waals surface area contributed by atoms with E-state index in [2.05, 4.69) is 4.98 Å². The summed E-state index contributed by atoms with van der Waals surface area (Å²) in [6, 6.07) is 1.99. The zero-order chi connectivity index (χ0) is 9.31. The lowest BCUT2D eigenvalue weighted by molar-refractivity contribution is 0.178. The predicted molar refractivity (Wildman–Crippen MR) is 50.3 cm³/mol. The maximum Gasteiger partial charge on any atom is 0.0689 e. The van der Waals surface area contributed by atoms with Crippen LogP contribution in [0.15, 0.2) is 18.5 Å². The molecule has 0 aromatic carbocycles. The fraction of sp³-hybridized carbons (Fsp3) is 0.500. The molecular formula is C10H14N2O. The molecule has 1 saturated heterocycles. The minimum Gasteiger partial charge on any atom is -0.379 e. The Balaban J connectivity index is 2.39. The van der Waals surface area contributed by atoms with E-state index in [4.69, 9.17) is 10.5 Å². The van der Waals surface area contributed by atoms with Gasteiger partial charge in [-0.1, -0.05) is 0 Å². The van der Waals surface area contributed by atoms with Crippen LogP contribution in [-0.2, 0) is 10.3 Å². The van der Waals surface area contributed by atoms with Crippen molar-refractivity contribution < 1.29 is 4.74 Å². The van der Waals surface area contributed by atoms with Crippen LogP contribution >= 0.6 is 0 Å². The quantitative estimate of drug-likeness (QED) is 0.697. The second-order valence-corrected chi connectivity index (χ2v) is 3.65. The van der Waals surface area contributed by atoms with E-state index in [9.17, 15) is 0 Å². The normalized spacial score (nSPS) is 27.8. The molecule has 0 bridgehead atoms. The van der Waals surface area contributed by atoms with Gasteiger partial charge in [-0.25, -0.2) is 0 Å². The molecule has 0 amide bonds. The summed E-state index contributed by atoms with van der Waals surface area (Å²) in [5.41, 5.74) is 8.26. The highest BCUT2D eigenvalue weighted by molar-refractivity contribution is 5.30. The van der Waals surface area contributed by atoms with Crippen LogP contribution in [0, 0.1) is 6.92 Å². The standard InChI is InChI=1S/C10H14N2O/c1-8-6-12-4-2-9(8)10(11)3-5-13-7-10/h2,4,6H,3,5,7,11H2,1H3. The fourth-order valence-corrected chi connectivity index (χ4v) is 1.83. The van der Waals surface area contributed by atoms with Crippen LogP contribution in [0.25, 0.3) is 0 Å². The minimum absolute atomic E-state index is 0.285. The van der Waals surface area contributed by atoms with Gasteiger partial charge < -0.3 is 10.5 Å². The lowest BCUT2D eigenvalue weighted by atomic mass is 9.88. The van der Waals surface area contributed by atoms with E-state index < -0.39 is 0 Å². The second-order valence-electron chi connectivity index (χ2n) is 3.65. The van der Waals surface area contributed by atoms with Gasteiger partial charge in [-0.15, -0.1) is 0 Å². The largest absolute Gasteiger partial charge is 0.379 e. The summed E-state index contributed by atoms with van der Waals surface area (Å²) in [5.74, 6) is 0. The van der Waals surface area contributed by atoms with Crippen LogP contribution in [-0.4, -0.2) is 18.2 Å². The Kier molecular flexibility index (Phi) is 2.06. The SMILES string of the molecule is Cc1cnccc1C1(N)CCOC1. The smallest absolute Gasteiger partial charge is 0.0689 e. The molecule has 3 heteroatoms. The van der Waals surface area contributed by atoms with E-state index >= 15 is 0 Å². The van der Waals surface area contributed by atoms with Crippen molar-refractivity contribution in [2.24, 2.45) is 5.73 Å². The monoisotopic (exact) mass is 178 g/mol. The number of aryl methyl sites for hydroxylation is 1. The summed E-state index contributed by atoms with van der Waals surface area (Å²) >= 11 is 0. The van der Waals surface area contributed by atoms with Gasteiger partial charge in [0.15, 0.2) is 0 Å². The second kappa shape index (κ2) is 3.09. The molecule has 13 heavy (non-hydrogen) atoms. The molecule has 3 nitrogen and oxygen atoms in total. The van der Waals surface area contributed by atoms with Gasteiger partial charge in [0.25, 0.3) is 0 Å². The Morgan fingerprint density at radius 1 is 1.62 bits per heavy atom. The van der Waals surface area contributed by atoms with Crippen LogP contribution in [0.5, 0.6) is 0 Å². The van der Waals surface area contributed by atoms with Crippen molar-refractivity contribution in [2.45, 2.75) is 18.9 Å². The third-order valence-corrected chi connectivity index (χ3v) is 2.61. The number of ether oxygens (including phenoxy) is 1. The van der Waals surface area contributed by atoms with Gasteiger partial charge in [0.2, 0.25) is 0 Å². The third kappa shape index (κ3) is 1.45. The van der Waals surface area contributed by atoms with E-state index in [1.54, 1.807) is 6.20 Å². The van der Waals surface area contributed by atoms with Crippen LogP contribution in [0.4, 0.5) is 0 Å². The number of nitrogens with zero attached hydrogens (tertiary/aromatic N) is 1. The molecule has 1 unspecified atom stereocenters. The van der Waals surface area contributed by atoms with E-state index in [0.29, 0.717) is 6.61 Å². The van der Waals surface area contributed by atoms with Crippen LogP contribution in [0.3, 0.4) is 0 Å². The van der Waals surface area contributed by atoms with Crippen molar-refractivity contribution in [1.82, 2.24) is 4.98 Å². The molecule has 2 N–H and O–H groups in total. The number of hydrogen-bond acceptors (Lipinski definition) is 3. The molecule has 0 spiro atoms. The summed E-state index contributed by atoms with van der Waals surface area (Å²) in [6.45, 7) is 3.42. The lowest BCUT2D eigenvalue weighted by Gasteiger charge is -2.23. The van der Waals surface area contributed by atoms with Crippen LogP contribution in [0.2, 0.25) is 0 Å². The number of pyridine rings is 1. The molecule has 1 aromatic rings. The molecule has 1 aliphatic rings. The zero-order valence-electron chi connectivity index (χ0n) is 7.79. The fourth-order valence-electron chi connectivity index (χ4n) is 1.83. The average Bonchev–Trinajstić information content (AvgIpc) is 2.54. The highest BCUT2D eigenvalue weighted by atomic mass is 16.5. The highest BCUT2D eigenvalue weighted by Gasteiger charge is 2.33. The third-order valence-electron chi connectivity index (χ3n) is 2.61. The topological polar surface area (TPSA) is 48.1 Å². The van der Waals surface area contributed by atoms with Gasteiger partial charge in [-0.2, -0.15) is 0 Å². The first-order valence-electron chi connectivity index (χ1n) is 4.50. The van der Waals surface area contributed by atoms with Crippen molar-refractivity contribution in [3.63, 3.8) is 0 Å². The highest BCUT2D eigenvalue weighted by Crippen LogP contribution is 2.29. The maximum absolute atomic E-state index is 6.23. The van der Waals surface area contributed by atoms with Crippen molar-refractivity contribution in [3.8, 4) is 0 Å². The first-order valence-corrected chi connectivity index (χ1v) is 4.50. The van der Waals surface area contributed by atoms with E-state index in [1.807, 2.05) is 19.2 Å². The number of hydrogen-bond donors (Lipinski definition) is 1. The Morgan fingerprint density at radius 3 is 3.08 bits per heavy atom. The van der Waals surface area contributed by atoms with Crippen molar-refractivity contribution in [3.05, 3.63) is 29.6 Å². The maximum atomic E-state index is 6.23. The average molecular weight is 178 g/mol. The van der Waals surface area contributed by atoms with E-state index in [0.717, 1.165) is 18.6 Å². The number of aromatic nitrogens is 1. The molecule has 0 aliphatic carbocycles. The molecule has 2 rings (SSSR count). The summed E-state index contributed by atoms with van der Waals surface area (Å²) in [5, 5.41) is 0. The predicted octanol–water partition coefficient (Wildman–Crippen LogP) is 0.964. The molecule has 70 valence electrons. The first-order chi connectivity index (χ1) is 6.22. The Labute approximate surface area is 77.9 Å². The Bertz CT molecular complexity index is 306. The summed E-state index contributed by atoms with van der Waals surface area (Å²) in [4.78, 5) is 4.05. The number of rotatable bonds is 1. The van der Waals surface area contributed by atoms with Crippen molar-refractivity contribution in [1.29, 1.82) is 0 Å². The van der Waals surface area contributed by atoms with Crippen LogP contribution in [0.1, 0.15) is 17.5 Å². The molecule has 2 heterocycles.